The predicted molar refractivity (Wildman–Crippen MR) is 85.5 cm³/mol. The molecule has 7 heteroatoms. The van der Waals surface area contributed by atoms with Crippen molar-refractivity contribution in [2.75, 3.05) is 0 Å². The average Bonchev–Trinajstić information content (AvgIpc) is 3.19. The van der Waals surface area contributed by atoms with E-state index in [1.807, 2.05) is 0 Å². The molecule has 5 aliphatic carbocycles. The van der Waals surface area contributed by atoms with Gasteiger partial charge in [0.05, 0.1) is 10.5 Å². The summed E-state index contributed by atoms with van der Waals surface area (Å²) in [6.45, 7) is 0. The van der Waals surface area contributed by atoms with E-state index in [0.29, 0.717) is 0 Å². The first-order valence-corrected chi connectivity index (χ1v) is 9.08. The van der Waals surface area contributed by atoms with E-state index in [9.17, 15) is 14.9 Å². The Hall–Kier alpha value is -1.92. The van der Waals surface area contributed by atoms with Crippen molar-refractivity contribution in [1.29, 1.82) is 0 Å². The number of hydrogen-bond acceptors (Lipinski definition) is 4. The smallest absolute Gasteiger partial charge is 0.320 e. The van der Waals surface area contributed by atoms with Crippen LogP contribution in [-0.2, 0) is 5.54 Å². The van der Waals surface area contributed by atoms with Crippen LogP contribution in [-0.4, -0.2) is 26.7 Å². The van der Waals surface area contributed by atoms with Crippen LogP contribution in [0.15, 0.2) is 6.20 Å². The predicted octanol–water partition coefficient (Wildman–Crippen LogP) is 2.61. The minimum atomic E-state index is -0.466. The molecule has 0 spiro atoms. The van der Waals surface area contributed by atoms with Crippen LogP contribution in [0.1, 0.15) is 61.9 Å². The molecule has 0 aromatic carbocycles. The van der Waals surface area contributed by atoms with E-state index in [2.05, 4.69) is 10.4 Å². The molecule has 1 heterocycles. The van der Waals surface area contributed by atoms with Crippen molar-refractivity contribution < 1.29 is 9.72 Å². The quantitative estimate of drug-likeness (QED) is 0.678. The van der Waals surface area contributed by atoms with Gasteiger partial charge in [0.1, 0.15) is 6.20 Å². The lowest BCUT2D eigenvalue weighted by Crippen LogP contribution is -2.52. The zero-order valence-electron chi connectivity index (χ0n) is 13.6. The van der Waals surface area contributed by atoms with Crippen LogP contribution in [0.3, 0.4) is 0 Å². The fraction of sp³-hybridized carbons (Fsp3) is 0.765. The molecule has 1 amide bonds. The summed E-state index contributed by atoms with van der Waals surface area (Å²) in [4.78, 5) is 23.3. The highest BCUT2D eigenvalue weighted by Gasteiger charge is 2.53. The maximum absolute atomic E-state index is 12.4. The zero-order valence-corrected chi connectivity index (χ0v) is 13.6. The Labute approximate surface area is 139 Å². The number of aromatic nitrogens is 2. The van der Waals surface area contributed by atoms with E-state index < -0.39 is 10.8 Å². The molecular weight excluding hydrogens is 308 g/mol. The Balaban J connectivity index is 1.52. The van der Waals surface area contributed by atoms with Crippen LogP contribution >= 0.6 is 0 Å². The lowest BCUT2D eigenvalue weighted by atomic mass is 9.53. The number of carbonyl (C=O) groups is 1. The second-order valence-corrected chi connectivity index (χ2v) is 8.45. The van der Waals surface area contributed by atoms with Crippen LogP contribution in [0.2, 0.25) is 0 Å². The summed E-state index contributed by atoms with van der Waals surface area (Å²) in [5.74, 6) is 1.78. The van der Waals surface area contributed by atoms with Gasteiger partial charge in [-0.2, -0.15) is 5.10 Å². The zero-order chi connectivity index (χ0) is 16.5. The van der Waals surface area contributed by atoms with Crippen LogP contribution in [0.4, 0.5) is 5.69 Å². The molecule has 0 atom stereocenters. The molecule has 128 valence electrons. The largest absolute Gasteiger partial charge is 0.348 e. The summed E-state index contributed by atoms with van der Waals surface area (Å²) < 4.78 is 1.80. The Morgan fingerprint density at radius 2 is 1.79 bits per heavy atom. The molecule has 0 radical (unpaired) electrons. The molecule has 5 saturated carbocycles. The summed E-state index contributed by atoms with van der Waals surface area (Å²) >= 11 is 0. The van der Waals surface area contributed by atoms with E-state index in [0.717, 1.165) is 49.9 Å². The molecular formula is C17H22N4O3. The standard InChI is InChI=1S/C17H22N4O3/c22-16(18-13-1-2-13)15-14(21(23)24)9-20(19-15)17-6-10-3-11(7-17)5-12(4-10)8-17/h9-13H,1-8H2,(H,18,22). The highest BCUT2D eigenvalue weighted by atomic mass is 16.6. The van der Waals surface area contributed by atoms with Crippen LogP contribution in [0, 0.1) is 27.9 Å². The first kappa shape index (κ1) is 14.4. The first-order chi connectivity index (χ1) is 11.5. The molecule has 24 heavy (non-hydrogen) atoms. The number of nitrogens with one attached hydrogen (secondary N) is 1. The first-order valence-electron chi connectivity index (χ1n) is 9.08. The lowest BCUT2D eigenvalue weighted by molar-refractivity contribution is -0.385. The van der Waals surface area contributed by atoms with Gasteiger partial charge in [-0.05, 0) is 69.1 Å². The van der Waals surface area contributed by atoms with E-state index in [1.165, 1.54) is 25.5 Å². The third kappa shape index (κ3) is 2.17. The number of amides is 1. The molecule has 1 aromatic heterocycles. The minimum Gasteiger partial charge on any atom is -0.348 e. The van der Waals surface area contributed by atoms with Crippen molar-refractivity contribution in [3.63, 3.8) is 0 Å². The second-order valence-electron chi connectivity index (χ2n) is 8.45. The van der Waals surface area contributed by atoms with Gasteiger partial charge in [0.15, 0.2) is 0 Å². The molecule has 5 aliphatic rings. The van der Waals surface area contributed by atoms with Gasteiger partial charge in [0, 0.05) is 6.04 Å². The van der Waals surface area contributed by atoms with Gasteiger partial charge in [-0.1, -0.05) is 0 Å². The normalized spacial score (nSPS) is 36.8. The molecule has 5 fully saturated rings. The molecule has 6 rings (SSSR count). The van der Waals surface area contributed by atoms with Crippen LogP contribution in [0.5, 0.6) is 0 Å². The number of carbonyl (C=O) groups excluding carboxylic acids is 1. The van der Waals surface area contributed by atoms with Crippen molar-refractivity contribution >= 4 is 11.6 Å². The van der Waals surface area contributed by atoms with Gasteiger partial charge in [0.2, 0.25) is 5.69 Å². The van der Waals surface area contributed by atoms with Crippen molar-refractivity contribution in [2.45, 2.75) is 62.9 Å². The van der Waals surface area contributed by atoms with E-state index in [-0.39, 0.29) is 23.0 Å². The maximum Gasteiger partial charge on any atom is 0.320 e. The van der Waals surface area contributed by atoms with Gasteiger partial charge in [-0.15, -0.1) is 0 Å². The summed E-state index contributed by atoms with van der Waals surface area (Å²) in [5.41, 5.74) is -0.260. The maximum atomic E-state index is 12.4. The molecule has 4 bridgehead atoms. The highest BCUT2D eigenvalue weighted by molar-refractivity contribution is 5.96. The molecule has 0 aliphatic heterocycles. The Morgan fingerprint density at radius 3 is 2.29 bits per heavy atom. The number of hydrogen-bond donors (Lipinski definition) is 1. The molecule has 1 N–H and O–H groups in total. The molecule has 0 unspecified atom stereocenters. The van der Waals surface area contributed by atoms with Crippen molar-refractivity contribution in [3.8, 4) is 0 Å². The SMILES string of the molecule is O=C(NC1CC1)c1nn(C23CC4CC(CC(C4)C2)C3)cc1[N+](=O)[O-]. The van der Waals surface area contributed by atoms with Gasteiger partial charge in [0.25, 0.3) is 5.91 Å². The average molecular weight is 330 g/mol. The van der Waals surface area contributed by atoms with Crippen molar-refractivity contribution in [1.82, 2.24) is 15.1 Å². The number of rotatable bonds is 4. The highest BCUT2D eigenvalue weighted by Crippen LogP contribution is 2.58. The lowest BCUT2D eigenvalue weighted by Gasteiger charge is -2.56. The van der Waals surface area contributed by atoms with Crippen LogP contribution in [0.25, 0.3) is 0 Å². The second kappa shape index (κ2) is 4.80. The fourth-order valence-electron chi connectivity index (χ4n) is 5.73. The third-order valence-corrected chi connectivity index (χ3v) is 6.51. The monoisotopic (exact) mass is 330 g/mol. The molecule has 7 nitrogen and oxygen atoms in total. The van der Waals surface area contributed by atoms with Gasteiger partial charge in [-0.3, -0.25) is 19.6 Å². The topological polar surface area (TPSA) is 90.1 Å². The summed E-state index contributed by atoms with van der Waals surface area (Å²) in [7, 11) is 0. The van der Waals surface area contributed by atoms with Gasteiger partial charge < -0.3 is 5.32 Å². The van der Waals surface area contributed by atoms with Crippen molar-refractivity contribution in [2.24, 2.45) is 17.8 Å². The Bertz CT molecular complexity index is 686. The summed E-state index contributed by atoms with van der Waals surface area (Å²) in [5, 5.41) is 18.7. The van der Waals surface area contributed by atoms with Gasteiger partial charge in [-0.25, -0.2) is 0 Å². The summed E-state index contributed by atoms with van der Waals surface area (Å²) in [6.07, 6.45) is 10.5. The van der Waals surface area contributed by atoms with E-state index >= 15 is 0 Å². The molecule has 1 aromatic rings. The van der Waals surface area contributed by atoms with E-state index in [1.54, 1.807) is 4.68 Å². The number of nitrogens with zero attached hydrogens (tertiary/aromatic N) is 3. The van der Waals surface area contributed by atoms with Crippen LogP contribution < -0.4 is 5.32 Å². The third-order valence-electron chi connectivity index (χ3n) is 6.51. The van der Waals surface area contributed by atoms with Gasteiger partial charge >= 0.3 is 5.69 Å². The number of nitro groups is 1. The Morgan fingerprint density at radius 1 is 1.21 bits per heavy atom. The minimum absolute atomic E-state index is 0.0114. The Kier molecular flexibility index (Phi) is 2.89. The summed E-state index contributed by atoms with van der Waals surface area (Å²) in [6, 6.07) is 0.168. The van der Waals surface area contributed by atoms with Crippen molar-refractivity contribution in [3.05, 3.63) is 22.0 Å². The van der Waals surface area contributed by atoms with E-state index in [4.69, 9.17) is 0 Å². The fourth-order valence-corrected chi connectivity index (χ4v) is 5.73. The molecule has 0 saturated heterocycles.